The number of carbonyl (C=O) groups excluding carboxylic acids is 3. The fourth-order valence-electron chi connectivity index (χ4n) is 6.04. The fourth-order valence-corrected chi connectivity index (χ4v) is 6.04. The van der Waals surface area contributed by atoms with Crippen molar-refractivity contribution >= 4 is 23.5 Å². The third kappa shape index (κ3) is 5.51. The quantitative estimate of drug-likeness (QED) is 0.371. The van der Waals surface area contributed by atoms with Gasteiger partial charge in [-0.1, -0.05) is 57.5 Å². The van der Waals surface area contributed by atoms with Crippen LogP contribution in [0.3, 0.4) is 0 Å². The Morgan fingerprint density at radius 3 is 2.36 bits per heavy atom. The summed E-state index contributed by atoms with van der Waals surface area (Å²) in [5.41, 5.74) is 2.60. The lowest BCUT2D eigenvalue weighted by Gasteiger charge is -2.34. The lowest BCUT2D eigenvalue weighted by atomic mass is 9.69. The second kappa shape index (κ2) is 12.0. The highest BCUT2D eigenvalue weighted by molar-refractivity contribution is 6.02. The third-order valence-corrected chi connectivity index (χ3v) is 7.57. The van der Waals surface area contributed by atoms with Crippen LogP contribution in [0.1, 0.15) is 58.1 Å². The van der Waals surface area contributed by atoms with Gasteiger partial charge in [0.25, 0.3) is 0 Å². The van der Waals surface area contributed by atoms with Gasteiger partial charge in [-0.05, 0) is 56.6 Å². The molecule has 1 aromatic rings. The van der Waals surface area contributed by atoms with Crippen molar-refractivity contribution in [1.29, 1.82) is 0 Å². The van der Waals surface area contributed by atoms with Crippen LogP contribution in [0.15, 0.2) is 30.4 Å². The molecule has 3 rings (SSSR count). The average molecular weight is 499 g/mol. The van der Waals surface area contributed by atoms with E-state index in [4.69, 9.17) is 4.74 Å². The molecule has 2 amide bonds. The summed E-state index contributed by atoms with van der Waals surface area (Å²) in [6.45, 7) is 11.7. The van der Waals surface area contributed by atoms with Crippen molar-refractivity contribution in [2.24, 2.45) is 29.6 Å². The Kier molecular flexibility index (Phi) is 9.34. The Balaban J connectivity index is 2.08. The van der Waals surface area contributed by atoms with Gasteiger partial charge in [-0.2, -0.15) is 0 Å². The summed E-state index contributed by atoms with van der Waals surface area (Å²) >= 11 is 0. The van der Waals surface area contributed by atoms with E-state index in [9.17, 15) is 19.5 Å². The van der Waals surface area contributed by atoms with Crippen molar-refractivity contribution in [2.45, 2.75) is 72.9 Å². The van der Waals surface area contributed by atoms with E-state index in [0.29, 0.717) is 6.42 Å². The number of carbonyl (C=O) groups is 3. The Labute approximate surface area is 215 Å². The summed E-state index contributed by atoms with van der Waals surface area (Å²) < 4.78 is 5.43. The Bertz CT molecular complexity index is 968. The molecule has 1 aliphatic heterocycles. The molecule has 1 aliphatic carbocycles. The highest BCUT2D eigenvalue weighted by Crippen LogP contribution is 2.47. The van der Waals surface area contributed by atoms with Gasteiger partial charge in [0.15, 0.2) is 0 Å². The van der Waals surface area contributed by atoms with Gasteiger partial charge in [0.1, 0.15) is 6.04 Å². The number of aliphatic hydroxyl groups is 1. The zero-order chi connectivity index (χ0) is 26.6. The molecule has 7 heteroatoms. The maximum absolute atomic E-state index is 14.1. The molecular weight excluding hydrogens is 456 g/mol. The van der Waals surface area contributed by atoms with E-state index in [0.717, 1.165) is 29.7 Å². The number of allylic oxidation sites excluding steroid dienone is 1. The minimum atomic E-state index is -0.826. The van der Waals surface area contributed by atoms with Crippen LogP contribution in [0.25, 0.3) is 0 Å². The lowest BCUT2D eigenvalue weighted by molar-refractivity contribution is -0.156. The number of para-hydroxylation sites is 1. The number of anilines is 1. The molecule has 1 fully saturated rings. The van der Waals surface area contributed by atoms with Crippen molar-refractivity contribution in [3.63, 3.8) is 0 Å². The van der Waals surface area contributed by atoms with Crippen LogP contribution in [0, 0.1) is 43.4 Å². The Morgan fingerprint density at radius 1 is 1.14 bits per heavy atom. The van der Waals surface area contributed by atoms with Crippen LogP contribution in [0.4, 0.5) is 5.69 Å². The monoisotopic (exact) mass is 498 g/mol. The molecule has 0 saturated carbocycles. The first-order chi connectivity index (χ1) is 17.2. The molecule has 0 spiro atoms. The van der Waals surface area contributed by atoms with Crippen molar-refractivity contribution in [1.82, 2.24) is 4.90 Å². The number of fused-ring (bicyclic) bond motifs is 1. The number of hydrogen-bond donors (Lipinski definition) is 2. The number of nitrogens with one attached hydrogen (secondary N) is 1. The molecular formula is C29H42N2O5. The number of benzene rings is 1. The van der Waals surface area contributed by atoms with Gasteiger partial charge in [0.05, 0.1) is 31.1 Å². The van der Waals surface area contributed by atoms with Crippen molar-refractivity contribution in [2.75, 3.05) is 18.5 Å². The predicted octanol–water partition coefficient (Wildman–Crippen LogP) is 4.26. The number of rotatable bonds is 10. The molecule has 1 heterocycles. The van der Waals surface area contributed by atoms with E-state index in [1.165, 1.54) is 0 Å². The number of hydrogen-bond acceptors (Lipinski definition) is 5. The number of likely N-dealkylation sites (tertiary alicyclic amines) is 1. The summed E-state index contributed by atoms with van der Waals surface area (Å²) in [4.78, 5) is 42.7. The van der Waals surface area contributed by atoms with Crippen molar-refractivity contribution < 1.29 is 24.2 Å². The highest BCUT2D eigenvalue weighted by Gasteiger charge is 2.58. The number of nitrogens with zero attached hydrogens (tertiary/aromatic N) is 1. The van der Waals surface area contributed by atoms with Crippen LogP contribution < -0.4 is 5.32 Å². The van der Waals surface area contributed by atoms with E-state index < -0.39 is 29.8 Å². The molecule has 7 nitrogen and oxygen atoms in total. The smallest absolute Gasteiger partial charge is 0.310 e. The molecule has 0 aromatic heterocycles. The molecule has 36 heavy (non-hydrogen) atoms. The van der Waals surface area contributed by atoms with Gasteiger partial charge in [0, 0.05) is 11.6 Å². The van der Waals surface area contributed by atoms with Crippen LogP contribution in [0.5, 0.6) is 0 Å². The second-order valence-electron chi connectivity index (χ2n) is 10.6. The van der Waals surface area contributed by atoms with Gasteiger partial charge in [0.2, 0.25) is 11.8 Å². The molecule has 198 valence electrons. The summed E-state index contributed by atoms with van der Waals surface area (Å²) in [6.07, 6.45) is 6.13. The van der Waals surface area contributed by atoms with E-state index in [1.54, 1.807) is 11.8 Å². The third-order valence-electron chi connectivity index (χ3n) is 7.57. The van der Waals surface area contributed by atoms with Crippen LogP contribution in [-0.4, -0.2) is 53.1 Å². The predicted molar refractivity (Wildman–Crippen MR) is 140 cm³/mol. The van der Waals surface area contributed by atoms with Gasteiger partial charge in [-0.25, -0.2) is 0 Å². The first kappa shape index (κ1) is 27.9. The molecule has 2 N–H and O–H groups in total. The Hall–Kier alpha value is -2.67. The average Bonchev–Trinajstić information content (AvgIpc) is 3.12. The van der Waals surface area contributed by atoms with Crippen molar-refractivity contribution in [3.05, 3.63) is 41.5 Å². The molecule has 1 saturated heterocycles. The van der Waals surface area contributed by atoms with Gasteiger partial charge in [-0.3, -0.25) is 14.4 Å². The fraction of sp³-hybridized carbons (Fsp3) is 0.621. The van der Waals surface area contributed by atoms with E-state index in [2.05, 4.69) is 12.2 Å². The summed E-state index contributed by atoms with van der Waals surface area (Å²) in [6, 6.07) is 4.47. The minimum Gasteiger partial charge on any atom is -0.466 e. The molecule has 0 unspecified atom stereocenters. The zero-order valence-corrected chi connectivity index (χ0v) is 22.5. The first-order valence-corrected chi connectivity index (χ1v) is 13.3. The topological polar surface area (TPSA) is 95.9 Å². The first-order valence-electron chi connectivity index (χ1n) is 13.3. The van der Waals surface area contributed by atoms with E-state index in [1.807, 2.05) is 58.0 Å². The molecule has 0 bridgehead atoms. The zero-order valence-electron chi connectivity index (χ0n) is 22.5. The minimum absolute atomic E-state index is 0.126. The summed E-state index contributed by atoms with van der Waals surface area (Å²) in [5.74, 6) is -2.66. The molecule has 2 aliphatic rings. The van der Waals surface area contributed by atoms with Crippen LogP contribution in [-0.2, 0) is 19.1 Å². The van der Waals surface area contributed by atoms with Crippen LogP contribution in [0.2, 0.25) is 0 Å². The second-order valence-corrected chi connectivity index (χ2v) is 10.6. The Morgan fingerprint density at radius 2 is 1.81 bits per heavy atom. The number of esters is 1. The molecule has 1 aromatic carbocycles. The molecule has 6 atom stereocenters. The van der Waals surface area contributed by atoms with E-state index in [-0.39, 0.29) is 42.8 Å². The normalized spacial score (nSPS) is 26.2. The lowest BCUT2D eigenvalue weighted by Crippen LogP contribution is -2.51. The highest BCUT2D eigenvalue weighted by atomic mass is 16.5. The number of aryl methyl sites for hydroxylation is 2. The number of amides is 2. The van der Waals surface area contributed by atoms with Gasteiger partial charge < -0.3 is 20.1 Å². The maximum Gasteiger partial charge on any atom is 0.310 e. The SMILES string of the molecule is CCC[C@@H]1C=C[C@H]2[C@@H](C(=O)N([C@@H](CO)CC(C)C)[C@@H]2C(=O)Nc2c(C)cccc2C)[C@@H]1C(=O)OCC. The summed E-state index contributed by atoms with van der Waals surface area (Å²) in [5, 5.41) is 13.4. The largest absolute Gasteiger partial charge is 0.466 e. The van der Waals surface area contributed by atoms with Crippen LogP contribution >= 0.6 is 0 Å². The molecule has 0 radical (unpaired) electrons. The maximum atomic E-state index is 14.1. The summed E-state index contributed by atoms with van der Waals surface area (Å²) in [7, 11) is 0. The van der Waals surface area contributed by atoms with Crippen molar-refractivity contribution in [3.8, 4) is 0 Å². The standard InChI is InChI=1S/C29H42N2O5/c1-7-10-20-13-14-22-24(23(20)29(35)36-8-2)28(34)31(21(16-32)15-17(3)4)26(22)27(33)30-25-18(5)11-9-12-19(25)6/h9,11-14,17,20-24,26,32H,7-8,10,15-16H2,1-6H3,(H,30,33)/t20-,21-,22+,23-,24-,26+/m1/s1. The number of aliphatic hydroxyl groups excluding tert-OH is 1. The van der Waals surface area contributed by atoms with Gasteiger partial charge >= 0.3 is 5.97 Å². The van der Waals surface area contributed by atoms with Gasteiger partial charge in [-0.15, -0.1) is 0 Å². The van der Waals surface area contributed by atoms with E-state index >= 15 is 0 Å². The number of ether oxygens (including phenoxy) is 1.